The highest BCUT2D eigenvalue weighted by Crippen LogP contribution is 2.24. The maximum atomic E-state index is 12.8. The third kappa shape index (κ3) is 5.66. The van der Waals surface area contributed by atoms with Gasteiger partial charge in [-0.1, -0.05) is 42.5 Å². The largest absolute Gasteiger partial charge is 0.379 e. The molecule has 5 heteroatoms. The second-order valence-electron chi connectivity index (χ2n) is 9.59. The van der Waals surface area contributed by atoms with Gasteiger partial charge in [0, 0.05) is 56.2 Å². The molecule has 0 radical (unpaired) electrons. The van der Waals surface area contributed by atoms with Crippen LogP contribution in [0.15, 0.2) is 54.7 Å². The minimum absolute atomic E-state index is 0.297. The van der Waals surface area contributed by atoms with Crippen molar-refractivity contribution in [1.29, 1.82) is 0 Å². The zero-order chi connectivity index (χ0) is 22.5. The van der Waals surface area contributed by atoms with Gasteiger partial charge in [0.05, 0.1) is 13.2 Å². The smallest absolute Gasteiger partial charge is 0.222 e. The molecule has 5 rings (SSSR count). The quantitative estimate of drug-likeness (QED) is 0.586. The highest BCUT2D eigenvalue weighted by atomic mass is 16.5. The molecule has 0 unspecified atom stereocenters. The standard InChI is InChI=1S/C28H35N3O2/c32-28(10-9-25-20-29-27-4-2-1-3-26(25)27)31-13-11-23(12-14-31)19-22-5-7-24(8-6-22)21-30-15-17-33-18-16-30/h1-8,20,23,29H,9-19,21H2. The minimum Gasteiger partial charge on any atom is -0.379 e. The lowest BCUT2D eigenvalue weighted by atomic mass is 9.89. The molecule has 0 spiro atoms. The molecule has 1 amide bonds. The number of carbonyl (C=O) groups excluding carboxylic acids is 1. The van der Waals surface area contributed by atoms with E-state index in [-0.39, 0.29) is 0 Å². The van der Waals surface area contributed by atoms with Gasteiger partial charge in [0.15, 0.2) is 0 Å². The first-order valence-corrected chi connectivity index (χ1v) is 12.5. The Bertz CT molecular complexity index is 1040. The molecule has 0 aliphatic carbocycles. The van der Waals surface area contributed by atoms with E-state index in [4.69, 9.17) is 4.74 Å². The summed E-state index contributed by atoms with van der Waals surface area (Å²) >= 11 is 0. The van der Waals surface area contributed by atoms with E-state index in [1.165, 1.54) is 22.1 Å². The molecule has 2 aromatic carbocycles. The summed E-state index contributed by atoms with van der Waals surface area (Å²) in [5.41, 5.74) is 5.20. The second kappa shape index (κ2) is 10.5. The Morgan fingerprint density at radius 2 is 1.67 bits per heavy atom. The first-order valence-electron chi connectivity index (χ1n) is 12.5. The monoisotopic (exact) mass is 445 g/mol. The summed E-state index contributed by atoms with van der Waals surface area (Å²) in [6, 6.07) is 17.5. The summed E-state index contributed by atoms with van der Waals surface area (Å²) in [6.45, 7) is 6.56. The molecule has 2 aliphatic rings. The van der Waals surface area contributed by atoms with Crippen molar-refractivity contribution >= 4 is 16.8 Å². The summed E-state index contributed by atoms with van der Waals surface area (Å²) in [7, 11) is 0. The number of aryl methyl sites for hydroxylation is 1. The van der Waals surface area contributed by atoms with Crippen molar-refractivity contribution in [2.45, 2.75) is 38.6 Å². The van der Waals surface area contributed by atoms with Gasteiger partial charge < -0.3 is 14.6 Å². The Kier molecular flexibility index (Phi) is 7.08. The van der Waals surface area contributed by atoms with Crippen LogP contribution in [0.25, 0.3) is 10.9 Å². The van der Waals surface area contributed by atoms with E-state index < -0.39 is 0 Å². The van der Waals surface area contributed by atoms with E-state index in [9.17, 15) is 4.79 Å². The van der Waals surface area contributed by atoms with Crippen LogP contribution in [0.2, 0.25) is 0 Å². The zero-order valence-corrected chi connectivity index (χ0v) is 19.5. The molecule has 2 saturated heterocycles. The molecule has 0 bridgehead atoms. The molecule has 0 saturated carbocycles. The number of fused-ring (bicyclic) bond motifs is 1. The SMILES string of the molecule is O=C(CCc1c[nH]c2ccccc12)N1CCC(Cc2ccc(CN3CCOCC3)cc2)CC1. The van der Waals surface area contributed by atoms with Crippen LogP contribution in [0.1, 0.15) is 36.0 Å². The van der Waals surface area contributed by atoms with Gasteiger partial charge in [-0.15, -0.1) is 0 Å². The summed E-state index contributed by atoms with van der Waals surface area (Å²) < 4.78 is 5.44. The summed E-state index contributed by atoms with van der Waals surface area (Å²) in [5.74, 6) is 0.971. The number of hydrogen-bond acceptors (Lipinski definition) is 3. The van der Waals surface area contributed by atoms with Crippen molar-refractivity contribution in [3.8, 4) is 0 Å². The Morgan fingerprint density at radius 3 is 2.45 bits per heavy atom. The van der Waals surface area contributed by atoms with Crippen molar-refractivity contribution in [2.24, 2.45) is 5.92 Å². The number of H-pyrrole nitrogens is 1. The molecule has 174 valence electrons. The van der Waals surface area contributed by atoms with Gasteiger partial charge in [-0.05, 0) is 54.4 Å². The van der Waals surface area contributed by atoms with Crippen LogP contribution in [-0.2, 0) is 28.9 Å². The van der Waals surface area contributed by atoms with Gasteiger partial charge >= 0.3 is 0 Å². The number of piperidine rings is 1. The van der Waals surface area contributed by atoms with Gasteiger partial charge in [-0.3, -0.25) is 9.69 Å². The lowest BCUT2D eigenvalue weighted by molar-refractivity contribution is -0.132. The predicted octanol–water partition coefficient (Wildman–Crippen LogP) is 4.41. The third-order valence-electron chi connectivity index (χ3n) is 7.31. The minimum atomic E-state index is 0.297. The van der Waals surface area contributed by atoms with E-state index in [1.807, 2.05) is 6.07 Å². The molecule has 33 heavy (non-hydrogen) atoms. The van der Waals surface area contributed by atoms with Gasteiger partial charge in [0.2, 0.25) is 5.91 Å². The first-order chi connectivity index (χ1) is 16.2. The number of morpholine rings is 1. The Balaban J connectivity index is 1.06. The molecule has 3 aromatic rings. The highest BCUT2D eigenvalue weighted by molar-refractivity contribution is 5.84. The summed E-state index contributed by atoms with van der Waals surface area (Å²) in [4.78, 5) is 20.7. The lowest BCUT2D eigenvalue weighted by Gasteiger charge is -2.32. The number of likely N-dealkylation sites (tertiary alicyclic amines) is 1. The predicted molar refractivity (Wildman–Crippen MR) is 132 cm³/mol. The number of hydrogen-bond donors (Lipinski definition) is 1. The van der Waals surface area contributed by atoms with E-state index in [0.717, 1.165) is 77.1 Å². The molecule has 5 nitrogen and oxygen atoms in total. The van der Waals surface area contributed by atoms with Crippen molar-refractivity contribution in [3.63, 3.8) is 0 Å². The van der Waals surface area contributed by atoms with Crippen LogP contribution in [0.4, 0.5) is 0 Å². The number of carbonyl (C=O) groups is 1. The van der Waals surface area contributed by atoms with E-state index in [2.05, 4.69) is 63.4 Å². The fraction of sp³-hybridized carbons (Fsp3) is 0.464. The number of para-hydroxylation sites is 1. The first kappa shape index (κ1) is 22.2. The highest BCUT2D eigenvalue weighted by Gasteiger charge is 2.23. The van der Waals surface area contributed by atoms with E-state index in [1.54, 1.807) is 0 Å². The number of ether oxygens (including phenoxy) is 1. The van der Waals surface area contributed by atoms with Crippen molar-refractivity contribution in [1.82, 2.24) is 14.8 Å². The summed E-state index contributed by atoms with van der Waals surface area (Å²) in [5, 5.41) is 1.24. The fourth-order valence-electron chi connectivity index (χ4n) is 5.26. The van der Waals surface area contributed by atoms with Crippen molar-refractivity contribution in [2.75, 3.05) is 39.4 Å². The molecule has 1 N–H and O–H groups in total. The van der Waals surface area contributed by atoms with Gasteiger partial charge in [-0.2, -0.15) is 0 Å². The second-order valence-corrected chi connectivity index (χ2v) is 9.59. The molecule has 2 fully saturated rings. The van der Waals surface area contributed by atoms with Crippen molar-refractivity contribution in [3.05, 3.63) is 71.4 Å². The molecule has 1 aromatic heterocycles. The molecule has 2 aliphatic heterocycles. The van der Waals surface area contributed by atoms with E-state index >= 15 is 0 Å². The molecular formula is C28H35N3O2. The van der Waals surface area contributed by atoms with Crippen LogP contribution in [0, 0.1) is 5.92 Å². The average molecular weight is 446 g/mol. The number of aromatic amines is 1. The van der Waals surface area contributed by atoms with Crippen LogP contribution in [-0.4, -0.2) is 60.1 Å². The number of rotatable bonds is 7. The van der Waals surface area contributed by atoms with E-state index in [0.29, 0.717) is 18.2 Å². The molecular weight excluding hydrogens is 410 g/mol. The van der Waals surface area contributed by atoms with Crippen LogP contribution >= 0.6 is 0 Å². The lowest BCUT2D eigenvalue weighted by Crippen LogP contribution is -2.39. The van der Waals surface area contributed by atoms with Gasteiger partial charge in [0.1, 0.15) is 0 Å². The van der Waals surface area contributed by atoms with Crippen LogP contribution in [0.5, 0.6) is 0 Å². The number of nitrogens with zero attached hydrogens (tertiary/aromatic N) is 2. The Hall–Kier alpha value is -2.63. The maximum Gasteiger partial charge on any atom is 0.222 e. The fourth-order valence-corrected chi connectivity index (χ4v) is 5.26. The van der Waals surface area contributed by atoms with Gasteiger partial charge in [0.25, 0.3) is 0 Å². The van der Waals surface area contributed by atoms with Crippen molar-refractivity contribution < 1.29 is 9.53 Å². The average Bonchev–Trinajstić information content (AvgIpc) is 3.28. The van der Waals surface area contributed by atoms with Gasteiger partial charge in [-0.25, -0.2) is 0 Å². The topological polar surface area (TPSA) is 48.6 Å². The summed E-state index contributed by atoms with van der Waals surface area (Å²) in [6.07, 6.45) is 6.78. The third-order valence-corrected chi connectivity index (χ3v) is 7.31. The zero-order valence-electron chi connectivity index (χ0n) is 19.5. The number of benzene rings is 2. The van der Waals surface area contributed by atoms with Crippen LogP contribution < -0.4 is 0 Å². The van der Waals surface area contributed by atoms with Crippen LogP contribution in [0.3, 0.4) is 0 Å². The number of nitrogens with one attached hydrogen (secondary N) is 1. The normalized spacial score (nSPS) is 18.1. The Labute approximate surface area is 196 Å². The molecule has 0 atom stereocenters. The number of amides is 1. The number of aromatic nitrogens is 1. The Morgan fingerprint density at radius 1 is 0.939 bits per heavy atom. The molecule has 3 heterocycles. The maximum absolute atomic E-state index is 12.8.